The third-order valence-corrected chi connectivity index (χ3v) is 2.94. The number of ether oxygens (including phenoxy) is 2. The molecule has 1 aliphatic rings. The first-order valence-electron chi connectivity index (χ1n) is 6.00. The zero-order chi connectivity index (χ0) is 13.0. The van der Waals surface area contributed by atoms with Crippen LogP contribution in [0.5, 0.6) is 0 Å². The molecule has 2 heterocycles. The Morgan fingerprint density at radius 3 is 2.94 bits per heavy atom. The molecule has 0 aromatic carbocycles. The topological polar surface area (TPSA) is 86.7 Å². The molecule has 0 aliphatic carbocycles. The average molecular weight is 254 g/mol. The fourth-order valence-electron chi connectivity index (χ4n) is 1.95. The summed E-state index contributed by atoms with van der Waals surface area (Å²) in [7, 11) is 0. The van der Waals surface area contributed by atoms with Crippen molar-refractivity contribution in [3.63, 3.8) is 0 Å². The van der Waals surface area contributed by atoms with Crippen molar-refractivity contribution in [1.82, 2.24) is 5.43 Å². The normalized spacial score (nSPS) is 16.8. The number of hydrazine groups is 1. The molecule has 1 aromatic heterocycles. The Bertz CT molecular complexity index is 410. The largest absolute Gasteiger partial charge is 0.453 e. The number of rotatable bonds is 4. The Morgan fingerprint density at radius 1 is 1.56 bits per heavy atom. The highest BCUT2D eigenvalue weighted by molar-refractivity contribution is 5.92. The molecule has 0 saturated carbocycles. The van der Waals surface area contributed by atoms with Crippen LogP contribution in [0.25, 0.3) is 0 Å². The summed E-state index contributed by atoms with van der Waals surface area (Å²) in [4.78, 5) is 11.4. The van der Waals surface area contributed by atoms with Crippen LogP contribution < -0.4 is 11.3 Å². The van der Waals surface area contributed by atoms with Crippen LogP contribution in [-0.4, -0.2) is 25.2 Å². The summed E-state index contributed by atoms with van der Waals surface area (Å²) in [5, 5.41) is 0. The van der Waals surface area contributed by atoms with Gasteiger partial charge in [-0.2, -0.15) is 0 Å². The molecule has 1 fully saturated rings. The molecule has 0 radical (unpaired) electrons. The summed E-state index contributed by atoms with van der Waals surface area (Å²) in [6.45, 7) is 3.64. The van der Waals surface area contributed by atoms with Crippen molar-refractivity contribution in [3.05, 3.63) is 23.2 Å². The molecule has 0 unspecified atom stereocenters. The van der Waals surface area contributed by atoms with Crippen LogP contribution >= 0.6 is 0 Å². The number of nitrogens with one attached hydrogen (secondary N) is 1. The summed E-state index contributed by atoms with van der Waals surface area (Å²) in [6, 6.07) is 1.80. The van der Waals surface area contributed by atoms with Crippen LogP contribution in [0.2, 0.25) is 0 Å². The Labute approximate surface area is 105 Å². The second-order valence-corrected chi connectivity index (χ2v) is 4.32. The lowest BCUT2D eigenvalue weighted by molar-refractivity contribution is -0.0434. The summed E-state index contributed by atoms with van der Waals surface area (Å²) in [6.07, 6.45) is 2.00. The van der Waals surface area contributed by atoms with Crippen LogP contribution in [0.3, 0.4) is 0 Å². The Kier molecular flexibility index (Phi) is 4.35. The van der Waals surface area contributed by atoms with E-state index in [2.05, 4.69) is 5.43 Å². The first kappa shape index (κ1) is 13.1. The summed E-state index contributed by atoms with van der Waals surface area (Å²) in [5.74, 6) is 5.52. The number of nitrogen functional groups attached to an aromatic ring is 1. The summed E-state index contributed by atoms with van der Waals surface area (Å²) >= 11 is 0. The van der Waals surface area contributed by atoms with E-state index in [-0.39, 0.29) is 11.9 Å². The maximum Gasteiger partial charge on any atom is 0.301 e. The summed E-state index contributed by atoms with van der Waals surface area (Å²) < 4.78 is 16.4. The van der Waals surface area contributed by atoms with Gasteiger partial charge in [-0.05, 0) is 25.8 Å². The molecule has 6 heteroatoms. The Morgan fingerprint density at radius 2 is 2.28 bits per heavy atom. The molecule has 0 spiro atoms. The van der Waals surface area contributed by atoms with E-state index >= 15 is 0 Å². The van der Waals surface area contributed by atoms with E-state index in [4.69, 9.17) is 19.7 Å². The number of amides is 1. The molecule has 100 valence electrons. The van der Waals surface area contributed by atoms with Gasteiger partial charge < -0.3 is 13.9 Å². The standard InChI is InChI=1S/C12H18N2O4/c1-8-6-10(18-11(8)12(15)14-13)7-17-9-2-4-16-5-3-9/h6,9H,2-5,7,13H2,1H3,(H,14,15). The smallest absolute Gasteiger partial charge is 0.301 e. The number of furan rings is 1. The van der Waals surface area contributed by atoms with E-state index in [1.54, 1.807) is 13.0 Å². The summed E-state index contributed by atoms with van der Waals surface area (Å²) in [5.41, 5.74) is 2.80. The zero-order valence-corrected chi connectivity index (χ0v) is 10.4. The van der Waals surface area contributed by atoms with Crippen LogP contribution in [0.4, 0.5) is 0 Å². The SMILES string of the molecule is Cc1cc(COC2CCOCC2)oc1C(=O)NN. The lowest BCUT2D eigenvalue weighted by Crippen LogP contribution is -2.30. The molecule has 1 aromatic rings. The third kappa shape index (κ3) is 3.10. The molecule has 0 bridgehead atoms. The van der Waals surface area contributed by atoms with Crippen LogP contribution in [0.15, 0.2) is 10.5 Å². The number of carbonyl (C=O) groups is 1. The molecule has 0 atom stereocenters. The van der Waals surface area contributed by atoms with Crippen molar-refractivity contribution in [2.24, 2.45) is 5.84 Å². The highest BCUT2D eigenvalue weighted by atomic mass is 16.5. The van der Waals surface area contributed by atoms with Crippen molar-refractivity contribution in [1.29, 1.82) is 0 Å². The minimum Gasteiger partial charge on any atom is -0.453 e. The van der Waals surface area contributed by atoms with Gasteiger partial charge in [0.1, 0.15) is 12.4 Å². The Hall–Kier alpha value is -1.37. The fourth-order valence-corrected chi connectivity index (χ4v) is 1.95. The highest BCUT2D eigenvalue weighted by Crippen LogP contribution is 2.18. The van der Waals surface area contributed by atoms with Crippen molar-refractivity contribution in [2.75, 3.05) is 13.2 Å². The van der Waals surface area contributed by atoms with E-state index in [9.17, 15) is 4.79 Å². The lowest BCUT2D eigenvalue weighted by atomic mass is 10.1. The first-order valence-corrected chi connectivity index (χ1v) is 6.00. The predicted molar refractivity (Wildman–Crippen MR) is 63.7 cm³/mol. The molecule has 6 nitrogen and oxygen atoms in total. The number of hydrogen-bond donors (Lipinski definition) is 2. The van der Waals surface area contributed by atoms with Crippen LogP contribution in [-0.2, 0) is 16.1 Å². The number of aryl methyl sites for hydroxylation is 1. The van der Waals surface area contributed by atoms with Gasteiger partial charge in [-0.25, -0.2) is 5.84 Å². The van der Waals surface area contributed by atoms with Crippen molar-refractivity contribution < 1.29 is 18.7 Å². The lowest BCUT2D eigenvalue weighted by Gasteiger charge is -2.21. The van der Waals surface area contributed by atoms with Gasteiger partial charge in [0.15, 0.2) is 5.76 Å². The quantitative estimate of drug-likeness (QED) is 0.473. The van der Waals surface area contributed by atoms with E-state index < -0.39 is 5.91 Å². The van der Waals surface area contributed by atoms with Gasteiger partial charge in [0, 0.05) is 18.8 Å². The van der Waals surface area contributed by atoms with Gasteiger partial charge in [0.2, 0.25) is 0 Å². The second kappa shape index (κ2) is 5.99. The molecule has 1 saturated heterocycles. The maximum absolute atomic E-state index is 11.4. The van der Waals surface area contributed by atoms with Crippen molar-refractivity contribution in [3.8, 4) is 0 Å². The van der Waals surface area contributed by atoms with Crippen molar-refractivity contribution in [2.45, 2.75) is 32.5 Å². The van der Waals surface area contributed by atoms with Gasteiger partial charge in [-0.15, -0.1) is 0 Å². The molecular weight excluding hydrogens is 236 g/mol. The van der Waals surface area contributed by atoms with Gasteiger partial charge in [0.05, 0.1) is 6.10 Å². The van der Waals surface area contributed by atoms with E-state index in [1.807, 2.05) is 0 Å². The predicted octanol–water partition coefficient (Wildman–Crippen LogP) is 0.887. The first-order chi connectivity index (χ1) is 8.70. The van der Waals surface area contributed by atoms with Crippen LogP contribution in [0, 0.1) is 6.92 Å². The molecule has 3 N–H and O–H groups in total. The molecule has 2 rings (SSSR count). The van der Waals surface area contributed by atoms with Crippen LogP contribution in [0.1, 0.15) is 34.7 Å². The minimum absolute atomic E-state index is 0.205. The van der Waals surface area contributed by atoms with Gasteiger partial charge in [0.25, 0.3) is 0 Å². The number of carbonyl (C=O) groups excluding carboxylic acids is 1. The third-order valence-electron chi connectivity index (χ3n) is 2.94. The highest BCUT2D eigenvalue weighted by Gasteiger charge is 2.17. The molecule has 1 aliphatic heterocycles. The molecule has 18 heavy (non-hydrogen) atoms. The van der Waals surface area contributed by atoms with Crippen molar-refractivity contribution >= 4 is 5.91 Å². The Balaban J connectivity index is 1.91. The second-order valence-electron chi connectivity index (χ2n) is 4.32. The van der Waals surface area contributed by atoms with E-state index in [1.165, 1.54) is 0 Å². The molecular formula is C12H18N2O4. The number of hydrogen-bond acceptors (Lipinski definition) is 5. The average Bonchev–Trinajstić information content (AvgIpc) is 2.78. The van der Waals surface area contributed by atoms with Gasteiger partial charge >= 0.3 is 5.91 Å². The zero-order valence-electron chi connectivity index (χ0n) is 10.4. The van der Waals surface area contributed by atoms with E-state index in [0.717, 1.165) is 31.6 Å². The van der Waals surface area contributed by atoms with Gasteiger partial charge in [-0.3, -0.25) is 10.2 Å². The monoisotopic (exact) mass is 254 g/mol. The number of nitrogens with two attached hydrogens (primary N) is 1. The van der Waals surface area contributed by atoms with Gasteiger partial charge in [-0.1, -0.05) is 0 Å². The van der Waals surface area contributed by atoms with E-state index in [0.29, 0.717) is 12.4 Å². The maximum atomic E-state index is 11.4. The minimum atomic E-state index is -0.426. The molecule has 1 amide bonds. The fraction of sp³-hybridized carbons (Fsp3) is 0.583.